The quantitative estimate of drug-likeness (QED) is 0.894. The van der Waals surface area contributed by atoms with Crippen molar-refractivity contribution in [2.24, 2.45) is 5.73 Å². The molecule has 2 N–H and O–H groups in total. The molecule has 1 aromatic carbocycles. The summed E-state index contributed by atoms with van der Waals surface area (Å²) in [5.41, 5.74) is 9.95. The fourth-order valence-corrected chi connectivity index (χ4v) is 2.58. The maximum Gasteiger partial charge on any atom is 0.129 e. The number of fused-ring (bicyclic) bond motifs is 1. The SMILES string of the molecule is C[C@@H](N)c1ccnc(N2CCc3ccccc3C2)c1. The summed E-state index contributed by atoms with van der Waals surface area (Å²) in [6, 6.07) is 12.8. The fourth-order valence-electron chi connectivity index (χ4n) is 2.58. The zero-order valence-electron chi connectivity index (χ0n) is 11.2. The van der Waals surface area contributed by atoms with Gasteiger partial charge in [0.05, 0.1) is 0 Å². The molecular formula is C16H19N3. The van der Waals surface area contributed by atoms with Gasteiger partial charge in [-0.1, -0.05) is 24.3 Å². The Morgan fingerprint density at radius 2 is 2.00 bits per heavy atom. The third kappa shape index (κ3) is 2.47. The Morgan fingerprint density at radius 3 is 2.79 bits per heavy atom. The molecule has 0 saturated heterocycles. The second-order valence-electron chi connectivity index (χ2n) is 5.18. The van der Waals surface area contributed by atoms with E-state index >= 15 is 0 Å². The Bertz CT molecular complexity index is 578. The Morgan fingerprint density at radius 1 is 1.21 bits per heavy atom. The molecule has 2 aromatic rings. The van der Waals surface area contributed by atoms with Crippen LogP contribution in [0.4, 0.5) is 5.82 Å². The summed E-state index contributed by atoms with van der Waals surface area (Å²) >= 11 is 0. The molecule has 0 unspecified atom stereocenters. The summed E-state index contributed by atoms with van der Waals surface area (Å²) in [7, 11) is 0. The number of nitrogens with two attached hydrogens (primary N) is 1. The molecule has 19 heavy (non-hydrogen) atoms. The second-order valence-corrected chi connectivity index (χ2v) is 5.18. The van der Waals surface area contributed by atoms with Crippen LogP contribution < -0.4 is 10.6 Å². The highest BCUT2D eigenvalue weighted by molar-refractivity contribution is 5.46. The van der Waals surface area contributed by atoms with Gasteiger partial charge in [-0.25, -0.2) is 4.98 Å². The van der Waals surface area contributed by atoms with Crippen LogP contribution in [0.25, 0.3) is 0 Å². The molecule has 3 rings (SSSR count). The molecule has 3 heteroatoms. The summed E-state index contributed by atoms with van der Waals surface area (Å²) in [6.45, 7) is 3.96. The van der Waals surface area contributed by atoms with Gasteiger partial charge in [-0.2, -0.15) is 0 Å². The number of pyridine rings is 1. The van der Waals surface area contributed by atoms with E-state index in [2.05, 4.69) is 40.2 Å². The molecule has 3 nitrogen and oxygen atoms in total. The van der Waals surface area contributed by atoms with Gasteiger partial charge in [0, 0.05) is 25.3 Å². The molecular weight excluding hydrogens is 234 g/mol. The zero-order valence-corrected chi connectivity index (χ0v) is 11.2. The molecule has 0 saturated carbocycles. The van der Waals surface area contributed by atoms with Crippen LogP contribution in [0.3, 0.4) is 0 Å². The summed E-state index contributed by atoms with van der Waals surface area (Å²) < 4.78 is 0. The van der Waals surface area contributed by atoms with Crippen molar-refractivity contribution in [2.45, 2.75) is 25.9 Å². The Hall–Kier alpha value is -1.87. The summed E-state index contributed by atoms with van der Waals surface area (Å²) in [5, 5.41) is 0. The van der Waals surface area contributed by atoms with Gasteiger partial charge in [-0.3, -0.25) is 0 Å². The first kappa shape index (κ1) is 12.2. The molecule has 0 bridgehead atoms. The van der Waals surface area contributed by atoms with Crippen molar-refractivity contribution in [1.29, 1.82) is 0 Å². The van der Waals surface area contributed by atoms with Crippen molar-refractivity contribution in [2.75, 3.05) is 11.4 Å². The minimum Gasteiger partial charge on any atom is -0.352 e. The molecule has 0 radical (unpaired) electrons. The van der Waals surface area contributed by atoms with E-state index in [1.807, 2.05) is 19.2 Å². The van der Waals surface area contributed by atoms with E-state index in [0.29, 0.717) is 0 Å². The summed E-state index contributed by atoms with van der Waals surface area (Å²) in [4.78, 5) is 6.82. The molecule has 1 aliphatic heterocycles. The molecule has 0 aliphatic carbocycles. The van der Waals surface area contributed by atoms with E-state index in [4.69, 9.17) is 5.73 Å². The lowest BCUT2D eigenvalue weighted by Gasteiger charge is -2.30. The van der Waals surface area contributed by atoms with Crippen LogP contribution in [-0.2, 0) is 13.0 Å². The van der Waals surface area contributed by atoms with Crippen LogP contribution in [-0.4, -0.2) is 11.5 Å². The van der Waals surface area contributed by atoms with Crippen LogP contribution >= 0.6 is 0 Å². The van der Waals surface area contributed by atoms with Gasteiger partial charge < -0.3 is 10.6 Å². The fraction of sp³-hybridized carbons (Fsp3) is 0.312. The van der Waals surface area contributed by atoms with Gasteiger partial charge in [-0.05, 0) is 42.2 Å². The monoisotopic (exact) mass is 253 g/mol. The standard InChI is InChI=1S/C16H19N3/c1-12(17)14-6-8-18-16(10-14)19-9-7-13-4-2-3-5-15(13)11-19/h2-6,8,10,12H,7,9,11,17H2,1H3/t12-/m1/s1. The minimum atomic E-state index is 0.0545. The average molecular weight is 253 g/mol. The topological polar surface area (TPSA) is 42.1 Å². The van der Waals surface area contributed by atoms with Gasteiger partial charge in [0.25, 0.3) is 0 Å². The van der Waals surface area contributed by atoms with E-state index in [1.54, 1.807) is 0 Å². The molecule has 0 amide bonds. The highest BCUT2D eigenvalue weighted by Crippen LogP contribution is 2.24. The number of hydrogen-bond acceptors (Lipinski definition) is 3. The molecule has 2 heterocycles. The van der Waals surface area contributed by atoms with E-state index in [-0.39, 0.29) is 6.04 Å². The Kier molecular flexibility index (Phi) is 3.22. The maximum atomic E-state index is 5.94. The zero-order chi connectivity index (χ0) is 13.2. The van der Waals surface area contributed by atoms with Crippen LogP contribution in [0.5, 0.6) is 0 Å². The molecule has 0 spiro atoms. The maximum absolute atomic E-state index is 5.94. The van der Waals surface area contributed by atoms with Crippen molar-refractivity contribution >= 4 is 5.82 Å². The Labute approximate surface area is 114 Å². The smallest absolute Gasteiger partial charge is 0.129 e. The van der Waals surface area contributed by atoms with Crippen molar-refractivity contribution < 1.29 is 0 Å². The van der Waals surface area contributed by atoms with E-state index in [0.717, 1.165) is 30.9 Å². The second kappa shape index (κ2) is 5.02. The van der Waals surface area contributed by atoms with Gasteiger partial charge >= 0.3 is 0 Å². The first-order valence-electron chi connectivity index (χ1n) is 6.77. The number of anilines is 1. The van der Waals surface area contributed by atoms with Gasteiger partial charge in [0.1, 0.15) is 5.82 Å². The normalized spacial score (nSPS) is 16.0. The lowest BCUT2D eigenvalue weighted by atomic mass is 10.00. The third-order valence-electron chi connectivity index (χ3n) is 3.75. The van der Waals surface area contributed by atoms with Crippen LogP contribution in [0.15, 0.2) is 42.6 Å². The van der Waals surface area contributed by atoms with E-state index < -0.39 is 0 Å². The summed E-state index contributed by atoms with van der Waals surface area (Å²) in [6.07, 6.45) is 2.94. The molecule has 1 atom stereocenters. The first-order chi connectivity index (χ1) is 9.24. The Balaban J connectivity index is 1.87. The van der Waals surface area contributed by atoms with Crippen LogP contribution in [0, 0.1) is 0 Å². The predicted octanol–water partition coefficient (Wildman–Crippen LogP) is 2.66. The van der Waals surface area contributed by atoms with E-state index in [1.165, 1.54) is 11.1 Å². The first-order valence-corrected chi connectivity index (χ1v) is 6.77. The highest BCUT2D eigenvalue weighted by atomic mass is 15.2. The molecule has 0 fully saturated rings. The summed E-state index contributed by atoms with van der Waals surface area (Å²) in [5.74, 6) is 1.03. The van der Waals surface area contributed by atoms with Gasteiger partial charge in [0.15, 0.2) is 0 Å². The highest BCUT2D eigenvalue weighted by Gasteiger charge is 2.17. The van der Waals surface area contributed by atoms with Crippen molar-refractivity contribution in [3.8, 4) is 0 Å². The average Bonchev–Trinajstić information content (AvgIpc) is 2.47. The number of aromatic nitrogens is 1. The molecule has 1 aliphatic rings. The van der Waals surface area contributed by atoms with Crippen molar-refractivity contribution in [3.05, 3.63) is 59.3 Å². The third-order valence-corrected chi connectivity index (χ3v) is 3.75. The van der Waals surface area contributed by atoms with Gasteiger partial charge in [-0.15, -0.1) is 0 Å². The number of rotatable bonds is 2. The molecule has 1 aromatic heterocycles. The van der Waals surface area contributed by atoms with Crippen LogP contribution in [0.1, 0.15) is 29.7 Å². The number of hydrogen-bond donors (Lipinski definition) is 1. The van der Waals surface area contributed by atoms with Crippen molar-refractivity contribution in [1.82, 2.24) is 4.98 Å². The van der Waals surface area contributed by atoms with Crippen molar-refractivity contribution in [3.63, 3.8) is 0 Å². The molecule has 98 valence electrons. The van der Waals surface area contributed by atoms with Crippen LogP contribution in [0.2, 0.25) is 0 Å². The number of benzene rings is 1. The van der Waals surface area contributed by atoms with Gasteiger partial charge in [0.2, 0.25) is 0 Å². The predicted molar refractivity (Wildman–Crippen MR) is 78.0 cm³/mol. The van der Waals surface area contributed by atoms with E-state index in [9.17, 15) is 0 Å². The number of nitrogens with zero attached hydrogens (tertiary/aromatic N) is 2. The minimum absolute atomic E-state index is 0.0545. The largest absolute Gasteiger partial charge is 0.352 e. The lowest BCUT2D eigenvalue weighted by Crippen LogP contribution is -2.31. The lowest BCUT2D eigenvalue weighted by molar-refractivity contribution is 0.717.